The minimum absolute atomic E-state index is 0.0531. The predicted molar refractivity (Wildman–Crippen MR) is 96.3 cm³/mol. The molecule has 1 aliphatic rings. The van der Waals surface area contributed by atoms with E-state index in [1.807, 2.05) is 13.8 Å². The maximum Gasteiger partial charge on any atom is 0.210 e. The van der Waals surface area contributed by atoms with E-state index in [9.17, 15) is 0 Å². The molecule has 0 aromatic rings. The summed E-state index contributed by atoms with van der Waals surface area (Å²) >= 11 is 0. The van der Waals surface area contributed by atoms with Gasteiger partial charge in [0.05, 0.1) is 13.2 Å². The molecule has 0 spiro atoms. The van der Waals surface area contributed by atoms with Gasteiger partial charge in [0, 0.05) is 6.42 Å². The van der Waals surface area contributed by atoms with E-state index in [0.29, 0.717) is 31.5 Å². The summed E-state index contributed by atoms with van der Waals surface area (Å²) in [6.45, 7) is 16.1. The topological polar surface area (TPSA) is 43.2 Å². The molecule has 1 aliphatic heterocycles. The fourth-order valence-electron chi connectivity index (χ4n) is 2.10. The molecule has 4 nitrogen and oxygen atoms in total. The molecule has 0 aromatic carbocycles. The minimum atomic E-state index is -1.37. The monoisotopic (exact) mass is 322 g/mol. The lowest BCUT2D eigenvalue weighted by Crippen LogP contribution is -2.38. The second-order valence-electron chi connectivity index (χ2n) is 6.76. The Morgan fingerprint density at radius 3 is 2.14 bits per heavy atom. The van der Waals surface area contributed by atoms with Crippen molar-refractivity contribution in [3.8, 4) is 11.5 Å². The average Bonchev–Trinajstić information content (AvgIpc) is 2.40. The molecule has 0 saturated carbocycles. The van der Waals surface area contributed by atoms with E-state index in [2.05, 4.69) is 45.0 Å². The van der Waals surface area contributed by atoms with E-state index in [1.54, 1.807) is 0 Å². The summed E-state index contributed by atoms with van der Waals surface area (Å²) in [5.74, 6) is 5.03. The summed E-state index contributed by atoms with van der Waals surface area (Å²) in [7, 11) is -1.37. The van der Waals surface area contributed by atoms with Gasteiger partial charge < -0.3 is 9.47 Å². The van der Waals surface area contributed by atoms with Gasteiger partial charge in [0.2, 0.25) is 11.8 Å². The fourth-order valence-corrected chi connectivity index (χ4v) is 2.73. The Balaban J connectivity index is 2.99. The van der Waals surface area contributed by atoms with E-state index in [4.69, 9.17) is 19.5 Å². The second-order valence-corrected chi connectivity index (χ2v) is 11.5. The summed E-state index contributed by atoms with van der Waals surface area (Å²) in [6.07, 6.45) is 0.643. The summed E-state index contributed by atoms with van der Waals surface area (Å²) in [5, 5.41) is 0. The van der Waals surface area contributed by atoms with Crippen molar-refractivity contribution in [1.29, 1.82) is 0 Å². The minimum Gasteiger partial charge on any atom is -0.480 e. The van der Waals surface area contributed by atoms with Crippen LogP contribution in [0.5, 0.6) is 0 Å². The lowest BCUT2D eigenvalue weighted by Gasteiger charge is -2.27. The van der Waals surface area contributed by atoms with E-state index in [0.717, 1.165) is 5.90 Å². The summed E-state index contributed by atoms with van der Waals surface area (Å²) < 4.78 is 11.4. The van der Waals surface area contributed by atoms with Gasteiger partial charge in [-0.15, -0.1) is 11.5 Å². The van der Waals surface area contributed by atoms with Crippen molar-refractivity contribution < 1.29 is 9.47 Å². The summed E-state index contributed by atoms with van der Waals surface area (Å²) in [6, 6.07) is -0.192. The Morgan fingerprint density at radius 1 is 1.05 bits per heavy atom. The van der Waals surface area contributed by atoms with Crippen LogP contribution in [-0.4, -0.2) is 45.2 Å². The molecule has 0 saturated heterocycles. The van der Waals surface area contributed by atoms with Crippen molar-refractivity contribution >= 4 is 19.9 Å². The van der Waals surface area contributed by atoms with Crippen LogP contribution in [0, 0.1) is 17.4 Å². The van der Waals surface area contributed by atoms with Crippen LogP contribution in [0.3, 0.4) is 0 Å². The third kappa shape index (κ3) is 5.84. The molecular weight excluding hydrogens is 292 g/mol. The second kappa shape index (κ2) is 8.38. The number of aliphatic imine (C=N–C) groups is 2. The first-order valence-electron chi connectivity index (χ1n) is 8.19. The van der Waals surface area contributed by atoms with Crippen molar-refractivity contribution in [3.05, 3.63) is 0 Å². The molecule has 0 aromatic heterocycles. The molecule has 0 bridgehead atoms. The Bertz CT molecular complexity index is 481. The number of hydrogen-bond donors (Lipinski definition) is 0. The van der Waals surface area contributed by atoms with Crippen LogP contribution in [0.4, 0.5) is 0 Å². The molecule has 22 heavy (non-hydrogen) atoms. The van der Waals surface area contributed by atoms with E-state index >= 15 is 0 Å². The first kappa shape index (κ1) is 18.8. The molecule has 0 radical (unpaired) electrons. The number of ether oxygens (including phenoxy) is 2. The van der Waals surface area contributed by atoms with Crippen molar-refractivity contribution in [3.63, 3.8) is 0 Å². The summed E-state index contributed by atoms with van der Waals surface area (Å²) in [5.41, 5.74) is 3.38. The molecular formula is C17H30N2O2Si. The van der Waals surface area contributed by atoms with Gasteiger partial charge in [-0.1, -0.05) is 33.5 Å². The molecule has 0 unspecified atom stereocenters. The molecule has 124 valence electrons. The standard InChI is InChI=1S/C17H30N2O2Si/c1-8-20-16-14(11-10-12-22(5,6)7)18-17(21-9-2)15(19-16)13(3)4/h13-15H,8-9,11H2,1-7H3/t14-,15-/m1/s1. The van der Waals surface area contributed by atoms with Crippen molar-refractivity contribution in [2.24, 2.45) is 15.9 Å². The smallest absolute Gasteiger partial charge is 0.210 e. The lowest BCUT2D eigenvalue weighted by atomic mass is 10.0. The van der Waals surface area contributed by atoms with Gasteiger partial charge in [0.25, 0.3) is 0 Å². The normalized spacial score (nSPS) is 21.6. The van der Waals surface area contributed by atoms with Crippen LogP contribution in [0.2, 0.25) is 19.6 Å². The SMILES string of the molecule is CCOC1=N[C@H](C(C)C)C(OCC)=N[C@@H]1CC#C[Si](C)(C)C. The van der Waals surface area contributed by atoms with Gasteiger partial charge in [-0.2, -0.15) is 0 Å². The molecule has 0 amide bonds. The number of rotatable bonds is 4. The molecule has 2 atom stereocenters. The van der Waals surface area contributed by atoms with Gasteiger partial charge in [-0.05, 0) is 19.8 Å². The zero-order valence-corrected chi connectivity index (χ0v) is 16.1. The third-order valence-electron chi connectivity index (χ3n) is 3.06. The van der Waals surface area contributed by atoms with Crippen molar-refractivity contribution in [1.82, 2.24) is 0 Å². The van der Waals surface area contributed by atoms with E-state index in [1.165, 1.54) is 0 Å². The van der Waals surface area contributed by atoms with Gasteiger partial charge in [-0.25, -0.2) is 9.98 Å². The van der Waals surface area contributed by atoms with Gasteiger partial charge in [0.1, 0.15) is 20.2 Å². The first-order valence-corrected chi connectivity index (χ1v) is 11.7. The summed E-state index contributed by atoms with van der Waals surface area (Å²) in [4.78, 5) is 9.50. The van der Waals surface area contributed by atoms with Crippen LogP contribution in [-0.2, 0) is 9.47 Å². The number of hydrogen-bond acceptors (Lipinski definition) is 4. The zero-order chi connectivity index (χ0) is 16.8. The maximum absolute atomic E-state index is 5.72. The van der Waals surface area contributed by atoms with Gasteiger partial charge >= 0.3 is 0 Å². The number of nitrogens with zero attached hydrogens (tertiary/aromatic N) is 2. The molecule has 0 fully saturated rings. The first-order chi connectivity index (χ1) is 10.3. The Morgan fingerprint density at radius 2 is 1.64 bits per heavy atom. The van der Waals surface area contributed by atoms with E-state index in [-0.39, 0.29) is 12.1 Å². The molecule has 0 N–H and O–H groups in total. The Kier molecular flexibility index (Phi) is 7.14. The molecule has 0 aliphatic carbocycles. The highest BCUT2D eigenvalue weighted by Crippen LogP contribution is 2.19. The highest BCUT2D eigenvalue weighted by atomic mass is 28.3. The van der Waals surface area contributed by atoms with Crippen LogP contribution < -0.4 is 0 Å². The maximum atomic E-state index is 5.72. The zero-order valence-electron chi connectivity index (χ0n) is 15.1. The highest BCUT2D eigenvalue weighted by molar-refractivity contribution is 6.83. The fraction of sp³-hybridized carbons (Fsp3) is 0.765. The molecule has 1 heterocycles. The van der Waals surface area contributed by atoms with Crippen LogP contribution in [0.25, 0.3) is 0 Å². The quantitative estimate of drug-likeness (QED) is 0.587. The highest BCUT2D eigenvalue weighted by Gasteiger charge is 2.31. The van der Waals surface area contributed by atoms with Crippen molar-refractivity contribution in [2.75, 3.05) is 13.2 Å². The van der Waals surface area contributed by atoms with Crippen LogP contribution >= 0.6 is 0 Å². The predicted octanol–water partition coefficient (Wildman–Crippen LogP) is 3.53. The molecule has 5 heteroatoms. The molecule has 1 rings (SSSR count). The van der Waals surface area contributed by atoms with Gasteiger partial charge in [0.15, 0.2) is 0 Å². The van der Waals surface area contributed by atoms with Crippen LogP contribution in [0.1, 0.15) is 34.1 Å². The van der Waals surface area contributed by atoms with Crippen LogP contribution in [0.15, 0.2) is 9.98 Å². The largest absolute Gasteiger partial charge is 0.480 e. The Hall–Kier alpha value is -1.28. The Labute approximate surface area is 136 Å². The van der Waals surface area contributed by atoms with Gasteiger partial charge in [-0.3, -0.25) is 0 Å². The lowest BCUT2D eigenvalue weighted by molar-refractivity contribution is 0.276. The van der Waals surface area contributed by atoms with E-state index < -0.39 is 8.07 Å². The average molecular weight is 323 g/mol. The third-order valence-corrected chi connectivity index (χ3v) is 3.99. The van der Waals surface area contributed by atoms with Crippen molar-refractivity contribution in [2.45, 2.75) is 65.8 Å².